The molecule has 4 rings (SSSR count). The molecule has 0 radical (unpaired) electrons. The fourth-order valence-electron chi connectivity index (χ4n) is 4.36. The van der Waals surface area contributed by atoms with Crippen LogP contribution in [0.2, 0.25) is 0 Å². The summed E-state index contributed by atoms with van der Waals surface area (Å²) in [5.41, 5.74) is -1.43. The smallest absolute Gasteiger partial charge is 0.416 e. The number of carbonyl (C=O) groups excluding carboxylic acids is 1. The zero-order valence-electron chi connectivity index (χ0n) is 19.4. The maximum atomic E-state index is 13.4. The van der Waals surface area contributed by atoms with Crippen molar-refractivity contribution >= 4 is 17.6 Å². The van der Waals surface area contributed by atoms with Crippen LogP contribution in [0.5, 0.6) is 0 Å². The molecule has 2 heterocycles. The highest BCUT2D eigenvalue weighted by molar-refractivity contribution is 5.93. The number of fused-ring (bicyclic) bond motifs is 1. The lowest BCUT2D eigenvalue weighted by Crippen LogP contribution is -2.38. The van der Waals surface area contributed by atoms with Gasteiger partial charge in [0.15, 0.2) is 0 Å². The summed E-state index contributed by atoms with van der Waals surface area (Å²) >= 11 is 0. The van der Waals surface area contributed by atoms with Crippen molar-refractivity contribution in [3.63, 3.8) is 0 Å². The summed E-state index contributed by atoms with van der Waals surface area (Å²) in [6.07, 6.45) is -6.13. The molecule has 1 aromatic heterocycles. The Morgan fingerprint density at radius 2 is 2.03 bits per heavy atom. The lowest BCUT2D eigenvalue weighted by Gasteiger charge is -2.36. The molecular weight excluding hydrogens is 495 g/mol. The summed E-state index contributed by atoms with van der Waals surface area (Å²) < 4.78 is 46.3. The first-order valence-electron chi connectivity index (χ1n) is 10.8. The Morgan fingerprint density at radius 3 is 2.65 bits per heavy atom. The highest BCUT2D eigenvalue weighted by Gasteiger charge is 2.41. The first-order valence-corrected chi connectivity index (χ1v) is 10.8. The van der Waals surface area contributed by atoms with Crippen LogP contribution < -0.4 is 10.6 Å². The van der Waals surface area contributed by atoms with Gasteiger partial charge in [-0.2, -0.15) is 18.4 Å². The maximum Gasteiger partial charge on any atom is 0.416 e. The number of allylic oxidation sites excluding steroid dienone is 1. The second-order valence-electron chi connectivity index (χ2n) is 8.13. The van der Waals surface area contributed by atoms with Gasteiger partial charge in [-0.3, -0.25) is 4.90 Å². The molecule has 0 aliphatic carbocycles. The highest BCUT2D eigenvalue weighted by atomic mass is 19.4. The van der Waals surface area contributed by atoms with E-state index in [0.717, 1.165) is 23.8 Å². The van der Waals surface area contributed by atoms with E-state index in [1.807, 2.05) is 6.07 Å². The molecule has 0 saturated heterocycles. The van der Waals surface area contributed by atoms with Crippen molar-refractivity contribution in [1.29, 1.82) is 5.26 Å². The fourth-order valence-corrected chi connectivity index (χ4v) is 4.36. The van der Waals surface area contributed by atoms with E-state index in [-0.39, 0.29) is 39.6 Å². The third-order valence-electron chi connectivity index (χ3n) is 6.02. The Bertz CT molecular complexity index is 1500. The van der Waals surface area contributed by atoms with Gasteiger partial charge in [-0.25, -0.2) is 19.3 Å². The van der Waals surface area contributed by atoms with Crippen molar-refractivity contribution in [3.8, 4) is 6.07 Å². The SMILES string of the molecule is COC(=O)C1=C(C)N(c2cccc(C(F)(F)F)c2)c2n[nH]c(=O)n2C1c1ccc(C#N)cc1[C@@H](O)CO. The number of methoxy groups -OCH3 is 1. The van der Waals surface area contributed by atoms with Crippen LogP contribution in [-0.2, 0) is 15.7 Å². The molecular formula is C24H20F3N5O5. The Labute approximate surface area is 207 Å². The summed E-state index contributed by atoms with van der Waals surface area (Å²) in [5, 5.41) is 35.7. The minimum Gasteiger partial charge on any atom is -0.466 e. The number of halogens is 3. The molecule has 192 valence electrons. The number of aromatic amines is 1. The molecule has 13 heteroatoms. The van der Waals surface area contributed by atoms with Crippen molar-refractivity contribution in [2.24, 2.45) is 0 Å². The van der Waals surface area contributed by atoms with Crippen LogP contribution in [0.3, 0.4) is 0 Å². The predicted molar refractivity (Wildman–Crippen MR) is 122 cm³/mol. The number of H-pyrrole nitrogens is 1. The molecule has 10 nitrogen and oxygen atoms in total. The van der Waals surface area contributed by atoms with E-state index in [0.29, 0.717) is 0 Å². The van der Waals surface area contributed by atoms with Gasteiger partial charge in [0.05, 0.1) is 36.5 Å². The van der Waals surface area contributed by atoms with Crippen LogP contribution >= 0.6 is 0 Å². The van der Waals surface area contributed by atoms with Crippen LogP contribution in [0, 0.1) is 11.3 Å². The largest absolute Gasteiger partial charge is 0.466 e. The molecule has 3 N–H and O–H groups in total. The van der Waals surface area contributed by atoms with Gasteiger partial charge in [-0.15, -0.1) is 5.10 Å². The number of nitrogens with zero attached hydrogens (tertiary/aromatic N) is 4. The van der Waals surface area contributed by atoms with Crippen LogP contribution in [0.1, 0.15) is 41.3 Å². The average molecular weight is 515 g/mol. The van der Waals surface area contributed by atoms with Gasteiger partial charge in [0.25, 0.3) is 0 Å². The number of aromatic nitrogens is 3. The molecule has 1 aliphatic heterocycles. The minimum atomic E-state index is -4.65. The molecule has 1 aliphatic rings. The number of hydrogen-bond acceptors (Lipinski definition) is 8. The van der Waals surface area contributed by atoms with Gasteiger partial charge in [-0.1, -0.05) is 12.1 Å². The number of aliphatic hydroxyl groups is 2. The number of anilines is 2. The number of benzene rings is 2. The molecule has 2 aromatic carbocycles. The molecule has 37 heavy (non-hydrogen) atoms. The third-order valence-corrected chi connectivity index (χ3v) is 6.02. The number of alkyl halides is 3. The first-order chi connectivity index (χ1) is 17.5. The quantitative estimate of drug-likeness (QED) is 0.440. The summed E-state index contributed by atoms with van der Waals surface area (Å²) in [4.78, 5) is 27.3. The van der Waals surface area contributed by atoms with E-state index in [1.165, 1.54) is 42.2 Å². The molecule has 0 fully saturated rings. The van der Waals surface area contributed by atoms with Gasteiger partial charge in [0.2, 0.25) is 5.95 Å². The third kappa shape index (κ3) is 4.37. The summed E-state index contributed by atoms with van der Waals surface area (Å²) in [6.45, 7) is 0.725. The van der Waals surface area contributed by atoms with Crippen LogP contribution in [0.4, 0.5) is 24.8 Å². The minimum absolute atomic E-state index is 0.0251. The van der Waals surface area contributed by atoms with Gasteiger partial charge in [0.1, 0.15) is 12.1 Å². The van der Waals surface area contributed by atoms with Crippen molar-refractivity contribution in [2.75, 3.05) is 18.6 Å². The van der Waals surface area contributed by atoms with Crippen LogP contribution in [0.25, 0.3) is 0 Å². The molecule has 0 spiro atoms. The number of rotatable bonds is 5. The Hall–Kier alpha value is -4.41. The molecule has 0 bridgehead atoms. The normalized spacial score (nSPS) is 16.3. The first kappa shape index (κ1) is 25.7. The van der Waals surface area contributed by atoms with Gasteiger partial charge in [0, 0.05) is 11.4 Å². The number of ether oxygens (including phenoxy) is 1. The van der Waals surface area contributed by atoms with Crippen LogP contribution in [-0.4, -0.2) is 44.7 Å². The van der Waals surface area contributed by atoms with Crippen molar-refractivity contribution < 1.29 is 32.9 Å². The van der Waals surface area contributed by atoms with Crippen molar-refractivity contribution in [2.45, 2.75) is 25.2 Å². The predicted octanol–water partition coefficient (Wildman–Crippen LogP) is 2.68. The van der Waals surface area contributed by atoms with E-state index in [2.05, 4.69) is 10.2 Å². The van der Waals surface area contributed by atoms with E-state index in [9.17, 15) is 38.2 Å². The highest BCUT2D eigenvalue weighted by Crippen LogP contribution is 2.44. The van der Waals surface area contributed by atoms with E-state index in [1.54, 1.807) is 0 Å². The number of aliphatic hydroxyl groups excluding tert-OH is 2. The summed E-state index contributed by atoms with van der Waals surface area (Å²) in [6, 6.07) is 9.05. The molecule has 1 unspecified atom stereocenters. The number of carbonyl (C=O) groups is 1. The van der Waals surface area contributed by atoms with Gasteiger partial charge in [-0.05, 0) is 48.4 Å². The molecule has 3 aromatic rings. The zero-order chi connectivity index (χ0) is 27.1. The Morgan fingerprint density at radius 1 is 1.30 bits per heavy atom. The van der Waals surface area contributed by atoms with Crippen molar-refractivity contribution in [3.05, 3.63) is 86.5 Å². The standard InChI is InChI=1S/C24H20F3N5O5/c1-12-19(21(35)37-2)20(16-7-6-13(10-28)8-17(16)18(34)11-33)32-22(29-30-23(32)36)31(12)15-5-3-4-14(9-15)24(25,26)27/h3-9,18,20,33-34H,11H2,1-2H3,(H,30,36)/t18-,20?/m0/s1. The maximum absolute atomic E-state index is 13.4. The van der Waals surface area contributed by atoms with E-state index < -0.39 is 42.2 Å². The van der Waals surface area contributed by atoms with Crippen molar-refractivity contribution in [1.82, 2.24) is 14.8 Å². The molecule has 0 saturated carbocycles. The Kier molecular flexibility index (Phi) is 6.64. The fraction of sp³-hybridized carbons (Fsp3) is 0.250. The topological polar surface area (TPSA) is 144 Å². The van der Waals surface area contributed by atoms with E-state index >= 15 is 0 Å². The lowest BCUT2D eigenvalue weighted by atomic mass is 9.88. The number of hydrogen-bond donors (Lipinski definition) is 3. The molecule has 0 amide bonds. The van der Waals surface area contributed by atoms with E-state index in [4.69, 9.17) is 4.74 Å². The monoisotopic (exact) mass is 515 g/mol. The lowest BCUT2D eigenvalue weighted by molar-refractivity contribution is -0.138. The number of esters is 1. The van der Waals surface area contributed by atoms with Gasteiger partial charge < -0.3 is 14.9 Å². The molecule has 2 atom stereocenters. The number of nitriles is 1. The summed E-state index contributed by atoms with van der Waals surface area (Å²) in [5.74, 6) is -1.03. The summed E-state index contributed by atoms with van der Waals surface area (Å²) in [7, 11) is 1.10. The van der Waals surface area contributed by atoms with Crippen LogP contribution in [0.15, 0.2) is 58.5 Å². The van der Waals surface area contributed by atoms with Gasteiger partial charge >= 0.3 is 17.8 Å². The second kappa shape index (κ2) is 9.57. The number of nitrogens with one attached hydrogen (secondary N) is 1. The second-order valence-corrected chi connectivity index (χ2v) is 8.13. The Balaban J connectivity index is 2.05. The zero-order valence-corrected chi connectivity index (χ0v) is 19.4. The average Bonchev–Trinajstić information content (AvgIpc) is 3.26.